The number of nitrogens with zero attached hydrogens (tertiary/aromatic N) is 13. The lowest BCUT2D eigenvalue weighted by molar-refractivity contribution is -0.913. The van der Waals surface area contributed by atoms with Crippen molar-refractivity contribution in [3.8, 4) is 0 Å². The minimum Gasteiger partial charge on any atom is -1.00 e. The van der Waals surface area contributed by atoms with Gasteiger partial charge in [0.25, 0.3) is 0 Å². The van der Waals surface area contributed by atoms with E-state index in [-0.39, 0.29) is 29.1 Å². The third kappa shape index (κ3) is 32.6. The van der Waals surface area contributed by atoms with E-state index in [0.29, 0.717) is 9.65 Å². The number of alkyl halides is 3. The molecule has 4 heterocycles. The van der Waals surface area contributed by atoms with Gasteiger partial charge in [-0.1, -0.05) is 85.7 Å². The highest BCUT2D eigenvalue weighted by atomic mass is 79.9. The quantitative estimate of drug-likeness (QED) is 0.0996. The van der Waals surface area contributed by atoms with Crippen LogP contribution in [-0.4, -0.2) is 234 Å². The van der Waals surface area contributed by atoms with E-state index in [1.54, 1.807) is 0 Å². The molecule has 4 rings (SSSR count). The smallest absolute Gasteiger partial charge is 0.0914 e. The first kappa shape index (κ1) is 59.3. The van der Waals surface area contributed by atoms with E-state index in [0.717, 1.165) is 53.3 Å². The predicted octanol–water partition coefficient (Wildman–Crippen LogP) is 3.57. The lowest BCUT2D eigenvalue weighted by atomic mass is 10.2. The van der Waals surface area contributed by atoms with Crippen LogP contribution < -0.4 is 22.3 Å². The van der Waals surface area contributed by atoms with Crippen molar-refractivity contribution in [3.63, 3.8) is 0 Å². The fourth-order valence-corrected chi connectivity index (χ4v) is 8.27. The van der Waals surface area contributed by atoms with Crippen LogP contribution in [-0.2, 0) is 0 Å². The van der Waals surface area contributed by atoms with Crippen LogP contribution in [0, 0.1) is 0 Å². The summed E-state index contributed by atoms with van der Waals surface area (Å²) < 4.78 is 3.49. The fraction of sp³-hybridized carbons (Fsp3) is 1.00. The second-order valence-electron chi connectivity index (χ2n) is 17.8. The van der Waals surface area contributed by atoms with E-state index in [9.17, 15) is 0 Å². The van der Waals surface area contributed by atoms with Crippen LogP contribution in [0.5, 0.6) is 0 Å². The Balaban J connectivity index is 0. The number of halogens is 4. The molecule has 4 saturated heterocycles. The van der Waals surface area contributed by atoms with Gasteiger partial charge in [-0.25, -0.2) is 0 Å². The van der Waals surface area contributed by atoms with Gasteiger partial charge in [0.1, 0.15) is 0 Å². The van der Waals surface area contributed by atoms with E-state index in [1.165, 1.54) is 115 Å². The number of quaternary nitrogens is 3. The third-order valence-electron chi connectivity index (χ3n) is 11.7. The number of likely N-dealkylation sites (N-methyl/N-ethyl adjacent to an activating group) is 7. The molecule has 0 amide bonds. The molecule has 0 aromatic carbocycles. The number of hydrogen-bond acceptors (Lipinski definition) is 7. The monoisotopic (exact) mass is 1070 g/mol. The van der Waals surface area contributed by atoms with Gasteiger partial charge in [-0.05, 0) is 45.7 Å². The van der Waals surface area contributed by atoms with Crippen LogP contribution in [0.3, 0.4) is 0 Å². The SMILES string of the molecule is CC(Br)CCBr.CC(Br)CC[N+]1(C)CCN(C)CC1.CC(CC[N+]1(C)CCN(C)CC1)N=[N+]=[N-].CC(CC[N+]1(C)CCNCC1)N=[N+]=[N-].CN1CCN(C)CC1.[Br-]. The van der Waals surface area contributed by atoms with E-state index < -0.39 is 0 Å². The van der Waals surface area contributed by atoms with Gasteiger partial charge in [-0.15, -0.1) is 0 Å². The first-order chi connectivity index (χ1) is 26.3. The Hall–Kier alpha value is 0.220. The lowest BCUT2D eigenvalue weighted by Gasteiger charge is -2.41. The molecule has 57 heavy (non-hydrogen) atoms. The average Bonchev–Trinajstić information content (AvgIpc) is 3.15. The predicted molar refractivity (Wildman–Crippen MR) is 251 cm³/mol. The summed E-state index contributed by atoms with van der Waals surface area (Å²) in [6, 6.07) is 0.259. The molecule has 0 aliphatic carbocycles. The van der Waals surface area contributed by atoms with Crippen molar-refractivity contribution in [2.75, 3.05) is 179 Å². The highest BCUT2D eigenvalue weighted by Crippen LogP contribution is 2.14. The topological polar surface area (TPSA) is 123 Å². The molecule has 0 spiro atoms. The molecule has 4 unspecified atom stereocenters. The summed E-state index contributed by atoms with van der Waals surface area (Å²) in [6.07, 6.45) is 4.48. The Morgan fingerprint density at radius 3 is 1.12 bits per heavy atom. The standard InChI is InChI=1S/C10H22BrN2.C10H22N5.C9H20N5.C6H14N2.C4H8Br2.BrH/c1-10(11)4-7-13(3)8-5-12(2)6-9-13;1-10(12-13-11)4-7-15(3)8-5-14(2)6-9-15;1-9(12-13-10)3-6-14(2)7-4-11-5-8-14;1-7-3-5-8(2)6-4-7;1-4(6)2-3-5;/h10H,4-9H2,1-3H3;10H,4-9H2,1-3H3;9,11H,3-8H2,1-2H3;3-6H2,1-2H3;4H,2-3H2,1H3;1H/q3*+1;;;/p-1. The zero-order valence-corrected chi connectivity index (χ0v) is 44.4. The van der Waals surface area contributed by atoms with Crippen LogP contribution in [0.4, 0.5) is 0 Å². The van der Waals surface area contributed by atoms with Crippen molar-refractivity contribution in [1.82, 2.24) is 24.9 Å². The van der Waals surface area contributed by atoms with Gasteiger partial charge in [0, 0.05) is 122 Å². The summed E-state index contributed by atoms with van der Waals surface area (Å²) in [5.41, 5.74) is 16.6. The molecule has 1 N–H and O–H groups in total. The first-order valence-electron chi connectivity index (χ1n) is 21.2. The van der Waals surface area contributed by atoms with Crippen molar-refractivity contribution in [1.29, 1.82) is 0 Å². The minimum atomic E-state index is 0. The van der Waals surface area contributed by atoms with Crippen LogP contribution in [0.15, 0.2) is 10.2 Å². The summed E-state index contributed by atoms with van der Waals surface area (Å²) >= 11 is 10.3. The molecule has 14 nitrogen and oxygen atoms in total. The summed E-state index contributed by atoms with van der Waals surface area (Å²) in [6.45, 7) is 31.3. The second kappa shape index (κ2) is 33.8. The first-order valence-corrected chi connectivity index (χ1v) is 24.1. The van der Waals surface area contributed by atoms with Crippen molar-refractivity contribution < 1.29 is 30.4 Å². The largest absolute Gasteiger partial charge is 1.00 e. The van der Waals surface area contributed by atoms with E-state index in [2.05, 4.69) is 156 Å². The third-order valence-corrected chi connectivity index (χ3v) is 13.1. The summed E-state index contributed by atoms with van der Waals surface area (Å²) in [5.74, 6) is 0. The maximum absolute atomic E-state index is 8.32. The lowest BCUT2D eigenvalue weighted by Crippen LogP contribution is -3.00. The zero-order valence-electron chi connectivity index (χ0n) is 38.1. The molecule has 0 bridgehead atoms. The van der Waals surface area contributed by atoms with Crippen LogP contribution in [0.1, 0.15) is 53.4 Å². The molecule has 4 fully saturated rings. The number of nitrogens with one attached hydrogen (secondary N) is 1. The number of azide groups is 2. The number of piperazine rings is 4. The number of rotatable bonds is 13. The molecule has 4 aliphatic heterocycles. The number of hydrogen-bond donors (Lipinski definition) is 1. The van der Waals surface area contributed by atoms with E-state index in [4.69, 9.17) is 11.1 Å². The molecule has 0 saturated carbocycles. The van der Waals surface area contributed by atoms with E-state index >= 15 is 0 Å². The summed E-state index contributed by atoms with van der Waals surface area (Å²) in [5, 5.41) is 11.9. The van der Waals surface area contributed by atoms with E-state index in [1.807, 2.05) is 13.8 Å². The highest BCUT2D eigenvalue weighted by molar-refractivity contribution is 9.10. The van der Waals surface area contributed by atoms with Crippen molar-refractivity contribution in [2.24, 2.45) is 10.2 Å². The highest BCUT2D eigenvalue weighted by Gasteiger charge is 2.28. The van der Waals surface area contributed by atoms with Crippen molar-refractivity contribution in [2.45, 2.75) is 75.1 Å². The minimum absolute atomic E-state index is 0. The molecular formula is C39H86Br4N14+2. The van der Waals surface area contributed by atoms with Crippen molar-refractivity contribution in [3.05, 3.63) is 20.9 Å². The van der Waals surface area contributed by atoms with Gasteiger partial charge in [0.05, 0.1) is 80.0 Å². The summed E-state index contributed by atoms with van der Waals surface area (Å²) in [4.78, 5) is 16.5. The van der Waals surface area contributed by atoms with Gasteiger partial charge in [-0.3, -0.25) is 9.80 Å². The molecule has 4 atom stereocenters. The average molecular weight is 1070 g/mol. The molecule has 0 aromatic rings. The van der Waals surface area contributed by atoms with Crippen LogP contribution >= 0.6 is 47.8 Å². The summed E-state index contributed by atoms with van der Waals surface area (Å²) in [7, 11) is 15.7. The zero-order chi connectivity index (χ0) is 42.6. The Morgan fingerprint density at radius 1 is 0.544 bits per heavy atom. The molecule has 0 aromatic heterocycles. The maximum Gasteiger partial charge on any atom is 0.0914 e. The van der Waals surface area contributed by atoms with Crippen LogP contribution in [0.25, 0.3) is 20.9 Å². The molecular weight excluding hydrogens is 984 g/mol. The second-order valence-corrected chi connectivity index (χ2v) is 21.8. The fourth-order valence-electron chi connectivity index (χ4n) is 6.54. The van der Waals surface area contributed by atoms with Gasteiger partial charge in [0.2, 0.25) is 0 Å². The van der Waals surface area contributed by atoms with Crippen molar-refractivity contribution >= 4 is 47.8 Å². The van der Waals surface area contributed by atoms with Gasteiger partial charge in [-0.2, -0.15) is 0 Å². The Bertz CT molecular complexity index is 1050. The Kier molecular flexibility index (Phi) is 35.2. The van der Waals surface area contributed by atoms with Gasteiger partial charge < -0.3 is 45.5 Å². The van der Waals surface area contributed by atoms with Gasteiger partial charge >= 0.3 is 0 Å². The van der Waals surface area contributed by atoms with Crippen LogP contribution in [0.2, 0.25) is 0 Å². The molecule has 0 radical (unpaired) electrons. The van der Waals surface area contributed by atoms with Gasteiger partial charge in [0.15, 0.2) is 0 Å². The maximum atomic E-state index is 8.32. The molecule has 4 aliphatic rings. The molecule has 18 heteroatoms. The Labute approximate surface area is 385 Å². The Morgan fingerprint density at radius 2 is 0.842 bits per heavy atom. The molecule has 338 valence electrons. The normalized spacial score (nSPS) is 22.7.